The van der Waals surface area contributed by atoms with Crippen molar-refractivity contribution in [2.24, 2.45) is 7.05 Å². The average molecular weight is 773 g/mol. The van der Waals surface area contributed by atoms with Crippen LogP contribution in [0.25, 0.3) is 16.3 Å². The predicted octanol–water partition coefficient (Wildman–Crippen LogP) is 8.58. The first-order valence-electron chi connectivity index (χ1n) is 18.2. The first-order chi connectivity index (χ1) is 25.6. The van der Waals surface area contributed by atoms with Gasteiger partial charge in [0.2, 0.25) is 5.52 Å². The van der Waals surface area contributed by atoms with Gasteiger partial charge in [0.25, 0.3) is 15.1 Å². The van der Waals surface area contributed by atoms with E-state index in [0.717, 1.165) is 70.2 Å². The summed E-state index contributed by atoms with van der Waals surface area (Å²) in [5.74, 6) is -0.255. The molecule has 0 spiro atoms. The van der Waals surface area contributed by atoms with Crippen molar-refractivity contribution in [2.75, 3.05) is 24.2 Å². The second-order valence-electron chi connectivity index (χ2n) is 13.4. The molecule has 1 aliphatic carbocycles. The first-order valence-corrected chi connectivity index (χ1v) is 21.4. The second-order valence-corrected chi connectivity index (χ2v) is 17.1. The van der Waals surface area contributed by atoms with E-state index in [9.17, 15) is 17.8 Å². The molecule has 6 rings (SSSR count). The van der Waals surface area contributed by atoms with E-state index in [0.29, 0.717) is 19.4 Å². The molecule has 0 fully saturated rings. The molecule has 3 heterocycles. The van der Waals surface area contributed by atoms with Crippen molar-refractivity contribution in [3.8, 4) is 0 Å². The third-order valence-electron chi connectivity index (χ3n) is 9.44. The minimum Gasteiger partial charge on any atom is -0.444 e. The Balaban J connectivity index is 1.31. The van der Waals surface area contributed by atoms with Crippen LogP contribution in [-0.2, 0) is 35.1 Å². The molecule has 278 valence electrons. The molecule has 0 saturated carbocycles. The summed E-state index contributed by atoms with van der Waals surface area (Å²) in [6.45, 7) is 3.97. The van der Waals surface area contributed by atoms with Gasteiger partial charge in [0.1, 0.15) is 18.4 Å². The zero-order valence-electron chi connectivity index (χ0n) is 30.6. The number of thiazole rings is 1. The van der Waals surface area contributed by atoms with Crippen LogP contribution in [0.5, 0.6) is 0 Å². The molecule has 12 heteroatoms. The lowest BCUT2D eigenvalue weighted by Gasteiger charge is -2.22. The van der Waals surface area contributed by atoms with E-state index in [4.69, 9.17) is 4.74 Å². The van der Waals surface area contributed by atoms with Crippen LogP contribution in [0.3, 0.4) is 0 Å². The van der Waals surface area contributed by atoms with E-state index < -0.39 is 16.2 Å². The average Bonchev–Trinajstić information content (AvgIpc) is 3.83. The fourth-order valence-corrected chi connectivity index (χ4v) is 9.41. The highest BCUT2D eigenvalue weighted by atomic mass is 32.2. The molecule has 0 saturated heterocycles. The number of thioether (sulfide) groups is 1. The summed E-state index contributed by atoms with van der Waals surface area (Å²) in [7, 11) is -0.267. The van der Waals surface area contributed by atoms with Crippen LogP contribution in [-0.4, -0.2) is 43.3 Å². The van der Waals surface area contributed by atoms with Gasteiger partial charge in [-0.3, -0.25) is 9.45 Å². The Labute approximate surface area is 321 Å². The number of nitrogens with zero attached hydrogens (tertiary/aromatic N) is 4. The number of hydrogen-bond acceptors (Lipinski definition) is 7. The number of benzene rings is 2. The lowest BCUT2D eigenvalue weighted by molar-refractivity contribution is -0.671. The van der Waals surface area contributed by atoms with Gasteiger partial charge in [0, 0.05) is 54.7 Å². The number of carbonyl (C=O) groups excluding carboxylic acids is 1. The largest absolute Gasteiger partial charge is 0.444 e. The van der Waals surface area contributed by atoms with Gasteiger partial charge in [-0.2, -0.15) is 13.0 Å². The highest BCUT2D eigenvalue weighted by molar-refractivity contribution is 8.03. The van der Waals surface area contributed by atoms with E-state index in [1.165, 1.54) is 21.6 Å². The lowest BCUT2D eigenvalue weighted by Crippen LogP contribution is -2.35. The maximum absolute atomic E-state index is 13.7. The summed E-state index contributed by atoms with van der Waals surface area (Å²) in [4.78, 5) is 18.6. The van der Waals surface area contributed by atoms with E-state index in [1.807, 2.05) is 48.3 Å². The van der Waals surface area contributed by atoms with Crippen LogP contribution >= 0.6 is 23.1 Å². The summed E-state index contributed by atoms with van der Waals surface area (Å²) < 4.78 is 43.4. The molecule has 53 heavy (non-hydrogen) atoms. The highest BCUT2D eigenvalue weighted by Crippen LogP contribution is 2.46. The fraction of sp³-hybridized carbons (Fsp3) is 0.341. The van der Waals surface area contributed by atoms with E-state index >= 15 is 0 Å². The van der Waals surface area contributed by atoms with Crippen LogP contribution in [0.2, 0.25) is 0 Å². The number of rotatable bonds is 15. The first kappa shape index (κ1) is 38.5. The minimum absolute atomic E-state index is 0.173. The van der Waals surface area contributed by atoms with Crippen molar-refractivity contribution in [2.45, 2.75) is 69.9 Å². The molecule has 0 atom stereocenters. The molecule has 0 radical (unpaired) electrons. The van der Waals surface area contributed by atoms with Crippen molar-refractivity contribution >= 4 is 61.3 Å². The van der Waals surface area contributed by atoms with Gasteiger partial charge in [0.15, 0.2) is 18.9 Å². The molecule has 1 N–H and O–H groups in total. The summed E-state index contributed by atoms with van der Waals surface area (Å²) in [6.07, 6.45) is 18.0. The van der Waals surface area contributed by atoms with E-state index in [2.05, 4.69) is 77.1 Å². The number of anilines is 1. The third-order valence-corrected chi connectivity index (χ3v) is 12.5. The van der Waals surface area contributed by atoms with Gasteiger partial charge < -0.3 is 9.64 Å². The zero-order chi connectivity index (χ0) is 37.4. The van der Waals surface area contributed by atoms with Crippen molar-refractivity contribution in [1.82, 2.24) is 4.90 Å². The van der Waals surface area contributed by atoms with Crippen molar-refractivity contribution in [3.05, 3.63) is 124 Å². The molecular weight excluding hydrogens is 725 g/mol. The number of unbranched alkanes of at least 4 members (excludes halogenated alkanes) is 3. The number of aromatic nitrogens is 2. The fourth-order valence-electron chi connectivity index (χ4n) is 6.66. The van der Waals surface area contributed by atoms with Crippen LogP contribution in [0.1, 0.15) is 62.4 Å². The van der Waals surface area contributed by atoms with Gasteiger partial charge >= 0.3 is 6.09 Å². The van der Waals surface area contributed by atoms with Gasteiger partial charge in [-0.15, -0.1) is 0 Å². The van der Waals surface area contributed by atoms with Crippen LogP contribution in [0.4, 0.5) is 10.5 Å². The normalized spacial score (nSPS) is 16.1. The summed E-state index contributed by atoms with van der Waals surface area (Å²) in [6, 6.07) is 20.6. The number of ether oxygens (including phenoxy) is 1. The van der Waals surface area contributed by atoms with Gasteiger partial charge in [-0.25, -0.2) is 9.36 Å². The second kappa shape index (κ2) is 17.7. The third kappa shape index (κ3) is 9.85. The van der Waals surface area contributed by atoms with E-state index in [-0.39, 0.29) is 12.4 Å². The lowest BCUT2D eigenvalue weighted by atomic mass is 10.1. The summed E-state index contributed by atoms with van der Waals surface area (Å²) in [5.41, 5.74) is 6.19. The Morgan fingerprint density at radius 1 is 0.981 bits per heavy atom. The molecule has 0 unspecified atom stereocenters. The highest BCUT2D eigenvalue weighted by Gasteiger charge is 2.28. The number of fused-ring (bicyclic) bond motifs is 2. The SMILES string of the molecule is CCCCC[n+]1c(/C=C/C2=C(N(C)C(=O)OCc3cc[n+](C)cc3)C(=C/C=C3\Sc4ccccc4N3CCCCS(=O)(=O)O)/CC2)sc2ccccc21. The number of hydrogen-bond donors (Lipinski definition) is 1. The Morgan fingerprint density at radius 3 is 2.55 bits per heavy atom. The number of pyridine rings is 1. The number of likely N-dealkylation sites (N-methyl/N-ethyl adjacent to an activating group) is 1. The molecule has 9 nitrogen and oxygen atoms in total. The Morgan fingerprint density at radius 2 is 1.75 bits per heavy atom. The quantitative estimate of drug-likeness (QED) is 0.0735. The van der Waals surface area contributed by atoms with Crippen molar-refractivity contribution in [1.29, 1.82) is 0 Å². The number of amides is 1. The van der Waals surface area contributed by atoms with Gasteiger partial charge in [0.05, 0.1) is 22.2 Å². The molecular formula is C41H48N4O5S3+2. The Bertz CT molecular complexity index is 2170. The molecule has 0 bridgehead atoms. The zero-order valence-corrected chi connectivity index (χ0v) is 33.1. The molecule has 4 aromatic rings. The number of aryl methyl sites for hydroxylation is 2. The molecule has 1 amide bonds. The van der Waals surface area contributed by atoms with Gasteiger partial charge in [-0.1, -0.05) is 66.8 Å². The van der Waals surface area contributed by atoms with Crippen molar-refractivity contribution in [3.63, 3.8) is 0 Å². The minimum atomic E-state index is -4.00. The maximum atomic E-state index is 13.7. The number of para-hydroxylation sites is 2. The Hall–Kier alpha value is -4.23. The van der Waals surface area contributed by atoms with Gasteiger partial charge in [-0.05, 0) is 73.6 Å². The number of allylic oxidation sites excluding steroid dienone is 5. The van der Waals surface area contributed by atoms with Crippen LogP contribution < -0.4 is 14.0 Å². The molecule has 2 aromatic carbocycles. The Kier molecular flexibility index (Phi) is 12.9. The topological polar surface area (TPSA) is 94.9 Å². The van der Waals surface area contributed by atoms with Crippen LogP contribution in [0, 0.1) is 0 Å². The standard InChI is InChI=1S/C41H47N4O5S3/c1-4-5-10-25-44-34-13-6-8-15-36(34)51-38(44)21-19-32-17-18-33(40(32)43(3)41(46)50-30-31-23-27-42(2)28-24-31)20-22-39-45(26-11-12-29-53(47,48)49)35-14-7-9-16-37(35)52-39/h6-9,13-16,19-24,27-28H,4-5,10-12,17-18,25-26,29-30H2,1-3H3/q+1/p+1. The molecule has 2 aromatic heterocycles. The molecule has 2 aliphatic rings. The summed E-state index contributed by atoms with van der Waals surface area (Å²) in [5, 5.41) is 2.20. The van der Waals surface area contributed by atoms with Crippen LogP contribution in [0.15, 0.2) is 118 Å². The predicted molar refractivity (Wildman–Crippen MR) is 214 cm³/mol. The summed E-state index contributed by atoms with van der Waals surface area (Å²) >= 11 is 3.46. The van der Waals surface area contributed by atoms with Crippen molar-refractivity contribution < 1.29 is 31.6 Å². The monoisotopic (exact) mass is 772 g/mol. The van der Waals surface area contributed by atoms with E-state index in [1.54, 1.807) is 35.0 Å². The molecule has 1 aliphatic heterocycles. The maximum Gasteiger partial charge on any atom is 0.414 e. The smallest absolute Gasteiger partial charge is 0.414 e. The number of carbonyl (C=O) groups is 1.